The van der Waals surface area contributed by atoms with Crippen molar-refractivity contribution in [1.29, 1.82) is 0 Å². The van der Waals surface area contributed by atoms with Crippen LogP contribution in [0.3, 0.4) is 0 Å². The maximum Gasteiger partial charge on any atom is 0.229 e. The van der Waals surface area contributed by atoms with Gasteiger partial charge >= 0.3 is 0 Å². The van der Waals surface area contributed by atoms with E-state index in [1.807, 2.05) is 6.07 Å². The Hall–Kier alpha value is -2.85. The Morgan fingerprint density at radius 3 is 2.59 bits per heavy atom. The van der Waals surface area contributed by atoms with Crippen LogP contribution in [0.2, 0.25) is 0 Å². The highest BCUT2D eigenvalue weighted by Crippen LogP contribution is 2.22. The number of hydrogen-bond acceptors (Lipinski definition) is 9. The standard InChI is InChI=1S/C19H23N7O2S/c1-25-8-10-26(11-9-25)19-23-17-16(20-6-7-21-17)18(24-19)22-13-14-4-3-5-15(12-14)29(2,27)28/h3-7,12H,8-11,13H2,1-2H3,(H,21,22,23,24). The van der Waals surface area contributed by atoms with Crippen LogP contribution >= 0.6 is 0 Å². The second-order valence-corrected chi connectivity index (χ2v) is 9.18. The summed E-state index contributed by atoms with van der Waals surface area (Å²) in [5.74, 6) is 1.21. The molecule has 4 rings (SSSR count). The zero-order chi connectivity index (χ0) is 20.4. The van der Waals surface area contributed by atoms with Gasteiger partial charge < -0.3 is 15.1 Å². The first-order valence-electron chi connectivity index (χ1n) is 9.35. The molecule has 10 heteroatoms. The van der Waals surface area contributed by atoms with Crippen LogP contribution in [0.25, 0.3) is 11.2 Å². The van der Waals surface area contributed by atoms with E-state index in [0.29, 0.717) is 34.4 Å². The van der Waals surface area contributed by atoms with Crippen LogP contribution < -0.4 is 10.2 Å². The van der Waals surface area contributed by atoms with Crippen molar-refractivity contribution in [3.05, 3.63) is 42.2 Å². The highest BCUT2D eigenvalue weighted by molar-refractivity contribution is 7.90. The monoisotopic (exact) mass is 413 g/mol. The zero-order valence-electron chi connectivity index (χ0n) is 16.4. The molecule has 0 bridgehead atoms. The molecule has 0 aliphatic carbocycles. The highest BCUT2D eigenvalue weighted by Gasteiger charge is 2.19. The van der Waals surface area contributed by atoms with Gasteiger partial charge in [0.2, 0.25) is 5.95 Å². The summed E-state index contributed by atoms with van der Waals surface area (Å²) in [5.41, 5.74) is 1.96. The molecule has 3 heterocycles. The summed E-state index contributed by atoms with van der Waals surface area (Å²) in [6, 6.07) is 6.87. The Kier molecular flexibility index (Phi) is 5.29. The van der Waals surface area contributed by atoms with E-state index in [2.05, 4.69) is 37.1 Å². The van der Waals surface area contributed by atoms with Crippen molar-refractivity contribution >= 4 is 32.8 Å². The molecule has 1 N–H and O–H groups in total. The van der Waals surface area contributed by atoms with Crippen LogP contribution in [0.5, 0.6) is 0 Å². The second kappa shape index (κ2) is 7.88. The van der Waals surface area contributed by atoms with Gasteiger partial charge in [0.25, 0.3) is 0 Å². The summed E-state index contributed by atoms with van der Waals surface area (Å²) in [6.07, 6.45) is 4.43. The van der Waals surface area contributed by atoms with Gasteiger partial charge in [-0.2, -0.15) is 9.97 Å². The van der Waals surface area contributed by atoms with Crippen molar-refractivity contribution in [2.75, 3.05) is 49.7 Å². The van der Waals surface area contributed by atoms with E-state index in [4.69, 9.17) is 4.98 Å². The first-order chi connectivity index (χ1) is 13.9. The molecule has 2 aromatic heterocycles. The number of nitrogens with one attached hydrogen (secondary N) is 1. The lowest BCUT2D eigenvalue weighted by molar-refractivity contribution is 0.311. The first-order valence-corrected chi connectivity index (χ1v) is 11.2. The van der Waals surface area contributed by atoms with E-state index in [-0.39, 0.29) is 0 Å². The minimum Gasteiger partial charge on any atom is -0.364 e. The topological polar surface area (TPSA) is 104 Å². The van der Waals surface area contributed by atoms with E-state index < -0.39 is 9.84 Å². The lowest BCUT2D eigenvalue weighted by Gasteiger charge is -2.32. The van der Waals surface area contributed by atoms with Crippen molar-refractivity contribution in [2.45, 2.75) is 11.4 Å². The van der Waals surface area contributed by atoms with E-state index in [9.17, 15) is 8.42 Å². The molecule has 152 valence electrons. The van der Waals surface area contributed by atoms with E-state index in [1.54, 1.807) is 30.6 Å². The summed E-state index contributed by atoms with van der Waals surface area (Å²) in [7, 11) is -1.16. The van der Waals surface area contributed by atoms with Gasteiger partial charge in [0.15, 0.2) is 26.8 Å². The predicted octanol–water partition coefficient (Wildman–Crippen LogP) is 1.19. The van der Waals surface area contributed by atoms with Crippen LogP contribution in [0.4, 0.5) is 11.8 Å². The number of aromatic nitrogens is 4. The fraction of sp³-hybridized carbons (Fsp3) is 0.368. The van der Waals surface area contributed by atoms with E-state index in [1.165, 1.54) is 6.26 Å². The molecule has 1 fully saturated rings. The van der Waals surface area contributed by atoms with Crippen LogP contribution in [0, 0.1) is 0 Å². The average Bonchev–Trinajstić information content (AvgIpc) is 2.72. The molecule has 1 aromatic carbocycles. The van der Waals surface area contributed by atoms with Gasteiger partial charge in [0.05, 0.1) is 4.90 Å². The van der Waals surface area contributed by atoms with Crippen molar-refractivity contribution in [1.82, 2.24) is 24.8 Å². The quantitative estimate of drug-likeness (QED) is 0.660. The molecule has 29 heavy (non-hydrogen) atoms. The van der Waals surface area contributed by atoms with Crippen LogP contribution in [-0.2, 0) is 16.4 Å². The number of rotatable bonds is 5. The number of benzene rings is 1. The summed E-state index contributed by atoms with van der Waals surface area (Å²) in [4.78, 5) is 22.7. The van der Waals surface area contributed by atoms with Gasteiger partial charge in [-0.3, -0.25) is 0 Å². The van der Waals surface area contributed by atoms with Crippen molar-refractivity contribution in [2.24, 2.45) is 0 Å². The highest BCUT2D eigenvalue weighted by atomic mass is 32.2. The maximum atomic E-state index is 11.8. The lowest BCUT2D eigenvalue weighted by atomic mass is 10.2. The minimum atomic E-state index is -3.26. The second-order valence-electron chi connectivity index (χ2n) is 7.16. The molecule has 0 atom stereocenters. The Morgan fingerprint density at radius 1 is 1.07 bits per heavy atom. The van der Waals surface area contributed by atoms with Gasteiger partial charge in [0.1, 0.15) is 0 Å². The molecule has 0 spiro atoms. The van der Waals surface area contributed by atoms with Crippen LogP contribution in [-0.4, -0.2) is 72.7 Å². The van der Waals surface area contributed by atoms with Gasteiger partial charge in [-0.1, -0.05) is 12.1 Å². The molecular formula is C19H23N7O2S. The molecular weight excluding hydrogens is 390 g/mol. The largest absolute Gasteiger partial charge is 0.364 e. The SMILES string of the molecule is CN1CCN(c2nc(NCc3cccc(S(C)(=O)=O)c3)c3nccnc3n2)CC1. The van der Waals surface area contributed by atoms with Gasteiger partial charge in [-0.25, -0.2) is 18.4 Å². The van der Waals surface area contributed by atoms with Crippen molar-refractivity contribution < 1.29 is 8.42 Å². The Bertz CT molecular complexity index is 1130. The predicted molar refractivity (Wildman–Crippen MR) is 112 cm³/mol. The molecule has 0 unspecified atom stereocenters. The molecule has 0 saturated carbocycles. The first kappa shape index (κ1) is 19.5. The Morgan fingerprint density at radius 2 is 1.83 bits per heavy atom. The zero-order valence-corrected chi connectivity index (χ0v) is 17.2. The lowest BCUT2D eigenvalue weighted by Crippen LogP contribution is -2.45. The molecule has 3 aromatic rings. The fourth-order valence-electron chi connectivity index (χ4n) is 3.20. The molecule has 1 aliphatic rings. The van der Waals surface area contributed by atoms with Gasteiger partial charge in [-0.15, -0.1) is 0 Å². The number of fused-ring (bicyclic) bond motifs is 1. The maximum absolute atomic E-state index is 11.8. The van der Waals surface area contributed by atoms with Gasteiger partial charge in [-0.05, 0) is 24.7 Å². The smallest absolute Gasteiger partial charge is 0.229 e. The van der Waals surface area contributed by atoms with Crippen LogP contribution in [0.15, 0.2) is 41.6 Å². The molecule has 1 aliphatic heterocycles. The van der Waals surface area contributed by atoms with Gasteiger partial charge in [0, 0.05) is 51.4 Å². The molecule has 1 saturated heterocycles. The average molecular weight is 414 g/mol. The molecule has 0 radical (unpaired) electrons. The molecule has 9 nitrogen and oxygen atoms in total. The summed E-state index contributed by atoms with van der Waals surface area (Å²) in [5, 5.41) is 3.29. The number of nitrogens with zero attached hydrogens (tertiary/aromatic N) is 6. The third kappa shape index (κ3) is 4.43. The Labute approximate surface area is 169 Å². The number of sulfone groups is 1. The summed E-state index contributed by atoms with van der Waals surface area (Å²) >= 11 is 0. The normalized spacial score (nSPS) is 15.6. The third-order valence-corrected chi connectivity index (χ3v) is 6.00. The van der Waals surface area contributed by atoms with Crippen molar-refractivity contribution in [3.8, 4) is 0 Å². The minimum absolute atomic E-state index is 0.294. The number of piperazine rings is 1. The van der Waals surface area contributed by atoms with Crippen LogP contribution in [0.1, 0.15) is 5.56 Å². The molecule has 0 amide bonds. The number of anilines is 2. The third-order valence-electron chi connectivity index (χ3n) is 4.89. The summed E-state index contributed by atoms with van der Waals surface area (Å²) < 4.78 is 23.6. The van der Waals surface area contributed by atoms with E-state index in [0.717, 1.165) is 31.7 Å². The Balaban J connectivity index is 1.63. The van der Waals surface area contributed by atoms with Crippen molar-refractivity contribution in [3.63, 3.8) is 0 Å². The number of hydrogen-bond donors (Lipinski definition) is 1. The summed E-state index contributed by atoms with van der Waals surface area (Å²) in [6.45, 7) is 4.00. The number of likely N-dealkylation sites (N-methyl/N-ethyl adjacent to an activating group) is 1. The van der Waals surface area contributed by atoms with E-state index >= 15 is 0 Å². The fourth-order valence-corrected chi connectivity index (χ4v) is 3.89.